The molecule has 1 aromatic heterocycles. The number of amides is 1. The predicted octanol–water partition coefficient (Wildman–Crippen LogP) is 1.51. The quantitative estimate of drug-likeness (QED) is 0.856. The summed E-state index contributed by atoms with van der Waals surface area (Å²) < 4.78 is 0. The molecule has 2 heterocycles. The average Bonchev–Trinajstić information content (AvgIpc) is 2.94. The number of H-pyrrole nitrogens is 1. The normalized spacial score (nSPS) is 18.3. The number of hydrogen-bond donors (Lipinski definition) is 1. The number of likely N-dealkylation sites (tertiary alicyclic amines) is 1. The smallest absolute Gasteiger partial charge is 0.345 e. The number of nitrogens with one attached hydrogen (secondary N) is 1. The minimum Gasteiger partial charge on any atom is -0.345 e. The number of aryl methyl sites for hydroxylation is 2. The van der Waals surface area contributed by atoms with Gasteiger partial charge in [-0.15, -0.1) is 0 Å². The van der Waals surface area contributed by atoms with Crippen LogP contribution in [-0.2, 0) is 11.2 Å². The van der Waals surface area contributed by atoms with E-state index in [0.717, 1.165) is 43.0 Å². The van der Waals surface area contributed by atoms with Gasteiger partial charge in [0.15, 0.2) is 0 Å². The SMILES string of the molecule is Cc1nc(=O)[nH]c(C)c1CCC(=O)N(C)CC1CCN(C(C)C)C1. The molecule has 1 aromatic rings. The van der Waals surface area contributed by atoms with Crippen LogP contribution < -0.4 is 5.69 Å². The van der Waals surface area contributed by atoms with Crippen LogP contribution in [0.4, 0.5) is 0 Å². The molecule has 1 atom stereocenters. The molecule has 0 aromatic carbocycles. The van der Waals surface area contributed by atoms with E-state index in [4.69, 9.17) is 0 Å². The van der Waals surface area contributed by atoms with E-state index in [1.807, 2.05) is 25.8 Å². The van der Waals surface area contributed by atoms with E-state index in [1.54, 1.807) is 0 Å². The Morgan fingerprint density at radius 1 is 1.42 bits per heavy atom. The molecule has 24 heavy (non-hydrogen) atoms. The van der Waals surface area contributed by atoms with Crippen molar-refractivity contribution in [1.29, 1.82) is 0 Å². The molecule has 1 unspecified atom stereocenters. The molecule has 1 fully saturated rings. The second-order valence-corrected chi connectivity index (χ2v) is 7.25. The fourth-order valence-corrected chi connectivity index (χ4v) is 3.52. The van der Waals surface area contributed by atoms with E-state index in [1.165, 1.54) is 0 Å². The molecule has 6 nitrogen and oxygen atoms in total. The molecule has 0 radical (unpaired) electrons. The van der Waals surface area contributed by atoms with Gasteiger partial charge < -0.3 is 14.8 Å². The zero-order chi connectivity index (χ0) is 17.9. The van der Waals surface area contributed by atoms with Gasteiger partial charge in [0, 0.05) is 44.0 Å². The summed E-state index contributed by atoms with van der Waals surface area (Å²) in [6, 6.07) is 0.578. The zero-order valence-electron chi connectivity index (χ0n) is 15.6. The van der Waals surface area contributed by atoms with E-state index in [0.29, 0.717) is 24.8 Å². The van der Waals surface area contributed by atoms with Gasteiger partial charge in [0.25, 0.3) is 0 Å². The molecule has 1 amide bonds. The summed E-state index contributed by atoms with van der Waals surface area (Å²) in [6.07, 6.45) is 2.23. The fourth-order valence-electron chi connectivity index (χ4n) is 3.52. The molecular weight excluding hydrogens is 304 g/mol. The highest BCUT2D eigenvalue weighted by Crippen LogP contribution is 2.19. The lowest BCUT2D eigenvalue weighted by Gasteiger charge is -2.23. The molecule has 6 heteroatoms. The van der Waals surface area contributed by atoms with Crippen LogP contribution in [0.3, 0.4) is 0 Å². The summed E-state index contributed by atoms with van der Waals surface area (Å²) in [4.78, 5) is 34.7. The number of hydrogen-bond acceptors (Lipinski definition) is 4. The number of aromatic nitrogens is 2. The molecule has 0 bridgehead atoms. The molecule has 0 spiro atoms. The maximum absolute atomic E-state index is 12.4. The number of nitrogens with zero attached hydrogens (tertiary/aromatic N) is 3. The average molecular weight is 334 g/mol. The zero-order valence-corrected chi connectivity index (χ0v) is 15.6. The number of carbonyl (C=O) groups is 1. The maximum atomic E-state index is 12.4. The van der Waals surface area contributed by atoms with Crippen LogP contribution in [0.2, 0.25) is 0 Å². The van der Waals surface area contributed by atoms with Gasteiger partial charge in [-0.25, -0.2) is 4.79 Å². The third-order valence-corrected chi connectivity index (χ3v) is 5.05. The van der Waals surface area contributed by atoms with Crippen LogP contribution in [0.25, 0.3) is 0 Å². The largest absolute Gasteiger partial charge is 0.345 e. The summed E-state index contributed by atoms with van der Waals surface area (Å²) in [7, 11) is 1.89. The summed E-state index contributed by atoms with van der Waals surface area (Å²) >= 11 is 0. The van der Waals surface area contributed by atoms with Gasteiger partial charge in [-0.05, 0) is 58.6 Å². The van der Waals surface area contributed by atoms with E-state index in [2.05, 4.69) is 28.7 Å². The summed E-state index contributed by atoms with van der Waals surface area (Å²) in [5.41, 5.74) is 2.18. The monoisotopic (exact) mass is 334 g/mol. The lowest BCUT2D eigenvalue weighted by Crippen LogP contribution is -2.34. The van der Waals surface area contributed by atoms with Crippen molar-refractivity contribution in [3.05, 3.63) is 27.4 Å². The van der Waals surface area contributed by atoms with Gasteiger partial charge in [0.1, 0.15) is 0 Å². The summed E-state index contributed by atoms with van der Waals surface area (Å²) in [5, 5.41) is 0. The standard InChI is InChI=1S/C18H30N4O2/c1-12(2)22-9-8-15(11-22)10-21(5)17(23)7-6-16-13(3)19-18(24)20-14(16)4/h12,15H,6-11H2,1-5H3,(H,19,20,24). The molecule has 1 saturated heterocycles. The van der Waals surface area contributed by atoms with Gasteiger partial charge in [0.05, 0.1) is 0 Å². The van der Waals surface area contributed by atoms with Crippen LogP contribution in [0, 0.1) is 19.8 Å². The summed E-state index contributed by atoms with van der Waals surface area (Å²) in [5.74, 6) is 0.725. The first-order chi connectivity index (χ1) is 11.3. The van der Waals surface area contributed by atoms with Gasteiger partial charge in [0.2, 0.25) is 5.91 Å². The Morgan fingerprint density at radius 3 is 2.71 bits per heavy atom. The van der Waals surface area contributed by atoms with Crippen LogP contribution in [0.15, 0.2) is 4.79 Å². The van der Waals surface area contributed by atoms with Crippen molar-refractivity contribution in [2.75, 3.05) is 26.7 Å². The maximum Gasteiger partial charge on any atom is 0.345 e. The second kappa shape index (κ2) is 7.92. The van der Waals surface area contributed by atoms with Gasteiger partial charge in [-0.2, -0.15) is 4.98 Å². The Kier molecular flexibility index (Phi) is 6.15. The molecule has 1 aliphatic rings. The van der Waals surface area contributed by atoms with Crippen LogP contribution in [0.1, 0.15) is 43.6 Å². The minimum absolute atomic E-state index is 0.156. The third kappa shape index (κ3) is 4.66. The number of aromatic amines is 1. The lowest BCUT2D eigenvalue weighted by molar-refractivity contribution is -0.130. The first kappa shape index (κ1) is 18.6. The molecule has 0 aliphatic carbocycles. The number of carbonyl (C=O) groups excluding carboxylic acids is 1. The topological polar surface area (TPSA) is 69.3 Å². The predicted molar refractivity (Wildman–Crippen MR) is 95.1 cm³/mol. The Hall–Kier alpha value is -1.69. The highest BCUT2D eigenvalue weighted by Gasteiger charge is 2.26. The molecule has 134 valence electrons. The summed E-state index contributed by atoms with van der Waals surface area (Å²) in [6.45, 7) is 11.2. The molecule has 2 rings (SSSR count). The van der Waals surface area contributed by atoms with Gasteiger partial charge >= 0.3 is 5.69 Å². The fraction of sp³-hybridized carbons (Fsp3) is 0.722. The number of rotatable bonds is 6. The van der Waals surface area contributed by atoms with Crippen molar-refractivity contribution in [3.63, 3.8) is 0 Å². The van der Waals surface area contributed by atoms with Gasteiger partial charge in [-0.3, -0.25) is 4.79 Å². The van der Waals surface area contributed by atoms with E-state index < -0.39 is 0 Å². The van der Waals surface area contributed by atoms with Crippen LogP contribution in [0.5, 0.6) is 0 Å². The van der Waals surface area contributed by atoms with Crippen molar-refractivity contribution in [1.82, 2.24) is 19.8 Å². The van der Waals surface area contributed by atoms with E-state index >= 15 is 0 Å². The van der Waals surface area contributed by atoms with Crippen molar-refractivity contribution in [2.24, 2.45) is 5.92 Å². The Bertz CT molecular complexity index is 612. The molecule has 0 saturated carbocycles. The van der Waals surface area contributed by atoms with Crippen molar-refractivity contribution in [3.8, 4) is 0 Å². The van der Waals surface area contributed by atoms with E-state index in [-0.39, 0.29) is 11.6 Å². The Morgan fingerprint density at radius 2 is 2.12 bits per heavy atom. The molecule has 1 aliphatic heterocycles. The van der Waals surface area contributed by atoms with Crippen molar-refractivity contribution < 1.29 is 4.79 Å². The minimum atomic E-state index is -0.326. The highest BCUT2D eigenvalue weighted by atomic mass is 16.2. The first-order valence-electron chi connectivity index (χ1n) is 8.82. The molecule has 1 N–H and O–H groups in total. The first-order valence-corrected chi connectivity index (χ1v) is 8.82. The highest BCUT2D eigenvalue weighted by molar-refractivity contribution is 5.76. The van der Waals surface area contributed by atoms with Gasteiger partial charge in [-0.1, -0.05) is 0 Å². The van der Waals surface area contributed by atoms with Crippen molar-refractivity contribution >= 4 is 5.91 Å². The lowest BCUT2D eigenvalue weighted by atomic mass is 10.1. The van der Waals surface area contributed by atoms with E-state index in [9.17, 15) is 9.59 Å². The van der Waals surface area contributed by atoms with Crippen LogP contribution >= 0.6 is 0 Å². The Labute approximate surface area is 144 Å². The Balaban J connectivity index is 1.86. The third-order valence-electron chi connectivity index (χ3n) is 5.05. The molecular formula is C18H30N4O2. The van der Waals surface area contributed by atoms with Crippen molar-refractivity contribution in [2.45, 2.75) is 53.0 Å². The van der Waals surface area contributed by atoms with Crippen LogP contribution in [-0.4, -0.2) is 58.4 Å². The second-order valence-electron chi connectivity index (χ2n) is 7.25.